The van der Waals surface area contributed by atoms with Gasteiger partial charge in [0.2, 0.25) is 0 Å². The SMILES string of the molecule is CNC1CCCc2ccc(OCC(C)OC)cc21. The van der Waals surface area contributed by atoms with Gasteiger partial charge in [-0.3, -0.25) is 0 Å². The molecule has 1 aliphatic carbocycles. The molecule has 0 aliphatic heterocycles. The molecule has 3 nitrogen and oxygen atoms in total. The van der Waals surface area contributed by atoms with Gasteiger partial charge in [-0.1, -0.05) is 6.07 Å². The summed E-state index contributed by atoms with van der Waals surface area (Å²) in [6.45, 7) is 2.61. The van der Waals surface area contributed by atoms with E-state index in [2.05, 4.69) is 23.5 Å². The molecule has 0 heterocycles. The second-order valence-electron chi connectivity index (χ2n) is 4.95. The summed E-state index contributed by atoms with van der Waals surface area (Å²) in [4.78, 5) is 0. The summed E-state index contributed by atoms with van der Waals surface area (Å²) in [5, 5.41) is 3.38. The Kier molecular flexibility index (Phi) is 4.61. The summed E-state index contributed by atoms with van der Waals surface area (Å²) in [5.74, 6) is 0.944. The van der Waals surface area contributed by atoms with Gasteiger partial charge in [0.15, 0.2) is 0 Å². The third-order valence-electron chi connectivity index (χ3n) is 3.67. The fourth-order valence-corrected chi connectivity index (χ4v) is 2.45. The lowest BCUT2D eigenvalue weighted by Crippen LogP contribution is -2.22. The number of fused-ring (bicyclic) bond motifs is 1. The van der Waals surface area contributed by atoms with E-state index < -0.39 is 0 Å². The Morgan fingerprint density at radius 1 is 1.44 bits per heavy atom. The lowest BCUT2D eigenvalue weighted by Gasteiger charge is -2.25. The summed E-state index contributed by atoms with van der Waals surface area (Å²) >= 11 is 0. The summed E-state index contributed by atoms with van der Waals surface area (Å²) in [5.41, 5.74) is 2.85. The van der Waals surface area contributed by atoms with Crippen molar-refractivity contribution in [2.24, 2.45) is 0 Å². The van der Waals surface area contributed by atoms with Gasteiger partial charge in [-0.05, 0) is 56.5 Å². The maximum atomic E-state index is 5.76. The fourth-order valence-electron chi connectivity index (χ4n) is 2.45. The van der Waals surface area contributed by atoms with Crippen molar-refractivity contribution in [1.82, 2.24) is 5.32 Å². The van der Waals surface area contributed by atoms with Crippen molar-refractivity contribution < 1.29 is 9.47 Å². The Labute approximate surface area is 109 Å². The Balaban J connectivity index is 2.10. The minimum atomic E-state index is 0.126. The number of hydrogen-bond acceptors (Lipinski definition) is 3. The van der Waals surface area contributed by atoms with Crippen molar-refractivity contribution >= 4 is 0 Å². The van der Waals surface area contributed by atoms with Gasteiger partial charge in [0.25, 0.3) is 0 Å². The first kappa shape index (κ1) is 13.4. The lowest BCUT2D eigenvalue weighted by atomic mass is 9.87. The molecule has 0 spiro atoms. The van der Waals surface area contributed by atoms with Crippen molar-refractivity contribution in [1.29, 1.82) is 0 Å². The highest BCUT2D eigenvalue weighted by molar-refractivity contribution is 5.39. The number of aryl methyl sites for hydroxylation is 1. The zero-order valence-corrected chi connectivity index (χ0v) is 11.5. The molecule has 0 bridgehead atoms. The summed E-state index contributed by atoms with van der Waals surface area (Å²) in [6, 6.07) is 6.92. The van der Waals surface area contributed by atoms with E-state index in [-0.39, 0.29) is 6.10 Å². The zero-order valence-electron chi connectivity index (χ0n) is 11.5. The van der Waals surface area contributed by atoms with E-state index in [1.165, 1.54) is 30.4 Å². The summed E-state index contributed by atoms with van der Waals surface area (Å²) in [6.07, 6.45) is 3.78. The Morgan fingerprint density at radius 2 is 2.28 bits per heavy atom. The molecule has 0 amide bonds. The van der Waals surface area contributed by atoms with Gasteiger partial charge in [0, 0.05) is 13.2 Å². The van der Waals surface area contributed by atoms with Crippen LogP contribution in [0.25, 0.3) is 0 Å². The van der Waals surface area contributed by atoms with Gasteiger partial charge in [-0.15, -0.1) is 0 Å². The van der Waals surface area contributed by atoms with E-state index in [9.17, 15) is 0 Å². The van der Waals surface area contributed by atoms with Crippen LogP contribution in [-0.2, 0) is 11.2 Å². The van der Waals surface area contributed by atoms with Crippen LogP contribution in [-0.4, -0.2) is 26.9 Å². The monoisotopic (exact) mass is 249 g/mol. The molecule has 2 rings (SSSR count). The van der Waals surface area contributed by atoms with Crippen LogP contribution < -0.4 is 10.1 Å². The van der Waals surface area contributed by atoms with Crippen molar-refractivity contribution in [3.05, 3.63) is 29.3 Å². The maximum absolute atomic E-state index is 5.76. The smallest absolute Gasteiger partial charge is 0.119 e. The molecule has 2 atom stereocenters. The predicted octanol–water partition coefficient (Wildman–Crippen LogP) is 2.70. The lowest BCUT2D eigenvalue weighted by molar-refractivity contribution is 0.0716. The zero-order chi connectivity index (χ0) is 13.0. The van der Waals surface area contributed by atoms with Gasteiger partial charge in [-0.2, -0.15) is 0 Å². The van der Waals surface area contributed by atoms with Gasteiger partial charge < -0.3 is 14.8 Å². The molecule has 0 radical (unpaired) electrons. The van der Waals surface area contributed by atoms with E-state index in [0.29, 0.717) is 12.6 Å². The topological polar surface area (TPSA) is 30.5 Å². The highest BCUT2D eigenvalue weighted by atomic mass is 16.5. The second kappa shape index (κ2) is 6.21. The molecule has 1 aromatic carbocycles. The van der Waals surface area contributed by atoms with Crippen LogP contribution in [0.15, 0.2) is 18.2 Å². The molecule has 100 valence electrons. The summed E-state index contributed by atoms with van der Waals surface area (Å²) in [7, 11) is 3.73. The molecule has 0 fully saturated rings. The molecule has 18 heavy (non-hydrogen) atoms. The molecule has 0 saturated carbocycles. The molecule has 2 unspecified atom stereocenters. The van der Waals surface area contributed by atoms with Crippen LogP contribution in [0.2, 0.25) is 0 Å². The van der Waals surface area contributed by atoms with Crippen LogP contribution in [0.5, 0.6) is 5.75 Å². The number of benzene rings is 1. The van der Waals surface area contributed by atoms with Gasteiger partial charge in [-0.25, -0.2) is 0 Å². The third kappa shape index (κ3) is 3.03. The van der Waals surface area contributed by atoms with E-state index >= 15 is 0 Å². The van der Waals surface area contributed by atoms with E-state index in [0.717, 1.165) is 5.75 Å². The third-order valence-corrected chi connectivity index (χ3v) is 3.67. The number of hydrogen-bond donors (Lipinski definition) is 1. The van der Waals surface area contributed by atoms with Gasteiger partial charge >= 0.3 is 0 Å². The molecule has 0 aromatic heterocycles. The quantitative estimate of drug-likeness (QED) is 0.870. The molecular weight excluding hydrogens is 226 g/mol. The highest BCUT2D eigenvalue weighted by Crippen LogP contribution is 2.32. The van der Waals surface area contributed by atoms with Crippen LogP contribution >= 0.6 is 0 Å². The first-order valence-electron chi connectivity index (χ1n) is 6.70. The minimum Gasteiger partial charge on any atom is -0.491 e. The van der Waals surface area contributed by atoms with E-state index in [1.807, 2.05) is 14.0 Å². The van der Waals surface area contributed by atoms with E-state index in [4.69, 9.17) is 9.47 Å². The first-order valence-corrected chi connectivity index (χ1v) is 6.70. The Hall–Kier alpha value is -1.06. The second-order valence-corrected chi connectivity index (χ2v) is 4.95. The Bertz CT molecular complexity index is 392. The highest BCUT2D eigenvalue weighted by Gasteiger charge is 2.19. The molecule has 1 N–H and O–H groups in total. The summed E-state index contributed by atoms with van der Waals surface area (Å²) < 4.78 is 11.0. The fraction of sp³-hybridized carbons (Fsp3) is 0.600. The van der Waals surface area contributed by atoms with Crippen molar-refractivity contribution in [2.45, 2.75) is 38.3 Å². The minimum absolute atomic E-state index is 0.126. The van der Waals surface area contributed by atoms with Crippen molar-refractivity contribution in [3.63, 3.8) is 0 Å². The number of rotatable bonds is 5. The molecule has 1 aromatic rings. The maximum Gasteiger partial charge on any atom is 0.119 e. The molecule has 0 saturated heterocycles. The van der Waals surface area contributed by atoms with Crippen LogP contribution in [0.3, 0.4) is 0 Å². The van der Waals surface area contributed by atoms with Crippen LogP contribution in [0.4, 0.5) is 0 Å². The standard InChI is InChI=1S/C15H23NO2/c1-11(17-3)10-18-13-8-7-12-5-4-6-15(16-2)14(12)9-13/h7-9,11,15-16H,4-6,10H2,1-3H3. The average molecular weight is 249 g/mol. The molecular formula is C15H23NO2. The molecule has 1 aliphatic rings. The predicted molar refractivity (Wildman–Crippen MR) is 73.1 cm³/mol. The largest absolute Gasteiger partial charge is 0.491 e. The van der Waals surface area contributed by atoms with Crippen molar-refractivity contribution in [2.75, 3.05) is 20.8 Å². The van der Waals surface area contributed by atoms with Crippen molar-refractivity contribution in [3.8, 4) is 5.75 Å². The number of methoxy groups -OCH3 is 1. The van der Waals surface area contributed by atoms with Crippen LogP contribution in [0.1, 0.15) is 36.9 Å². The normalized spacial score (nSPS) is 20.3. The van der Waals surface area contributed by atoms with E-state index in [1.54, 1.807) is 7.11 Å². The van der Waals surface area contributed by atoms with Gasteiger partial charge in [0.05, 0.1) is 6.10 Å². The first-order chi connectivity index (χ1) is 8.74. The number of nitrogens with one attached hydrogen (secondary N) is 1. The number of ether oxygens (including phenoxy) is 2. The average Bonchev–Trinajstić information content (AvgIpc) is 2.43. The van der Waals surface area contributed by atoms with Crippen LogP contribution in [0, 0.1) is 0 Å². The molecule has 3 heteroatoms. The van der Waals surface area contributed by atoms with Gasteiger partial charge in [0.1, 0.15) is 12.4 Å². The Morgan fingerprint density at radius 3 is 3.00 bits per heavy atom.